The Labute approximate surface area is 210 Å². The molecule has 2 heterocycles. The lowest BCUT2D eigenvalue weighted by atomic mass is 10.1. The number of carbonyl (C=O) groups excluding carboxylic acids is 2. The minimum Gasteiger partial charge on any atom is -0.497 e. The number of hydrogen-bond donors (Lipinski definition) is 3. The Morgan fingerprint density at radius 2 is 1.92 bits per heavy atom. The number of hydrogen-bond acceptors (Lipinski definition) is 9. The molecule has 0 aliphatic heterocycles. The van der Waals surface area contributed by atoms with Crippen LogP contribution in [0.5, 0.6) is 5.75 Å². The number of nitrogens with one attached hydrogen (secondary N) is 3. The fourth-order valence-electron chi connectivity index (χ4n) is 3.42. The Bertz CT molecular complexity index is 1400. The standard InChI is InChI=1S/C24H25N5O6S/c1-3-35-19(31)10-5-4-9-18(30)21-17(26-23(33)27-21)13-36-24-28-20(16(12-25)22(32)29-24)14-7-6-8-15(11-14)34-2/h6-8,11H,3-5,9-10,13H2,1-2H3,(H2,26,27,33)(H,28,29,32). The number of aromatic amines is 3. The highest BCUT2D eigenvalue weighted by molar-refractivity contribution is 7.98. The maximum absolute atomic E-state index is 12.7. The number of unbranched alkanes of at least 4 members (excludes halogenated alkanes) is 1. The van der Waals surface area contributed by atoms with Gasteiger partial charge in [-0.25, -0.2) is 9.78 Å². The normalized spacial score (nSPS) is 10.6. The molecule has 0 radical (unpaired) electrons. The van der Waals surface area contributed by atoms with Gasteiger partial charge in [0.05, 0.1) is 25.1 Å². The van der Waals surface area contributed by atoms with Gasteiger partial charge in [0, 0.05) is 24.2 Å². The number of ketones is 1. The summed E-state index contributed by atoms with van der Waals surface area (Å²) in [4.78, 5) is 60.6. The molecule has 0 amide bonds. The number of H-pyrrole nitrogens is 3. The molecule has 0 fully saturated rings. The first-order valence-corrected chi connectivity index (χ1v) is 12.2. The Kier molecular flexibility index (Phi) is 9.24. The minimum absolute atomic E-state index is 0.134. The van der Waals surface area contributed by atoms with Gasteiger partial charge in [0.25, 0.3) is 5.56 Å². The highest BCUT2D eigenvalue weighted by atomic mass is 32.2. The zero-order valence-electron chi connectivity index (χ0n) is 19.8. The predicted octanol–water partition coefficient (Wildman–Crippen LogP) is 2.93. The third kappa shape index (κ3) is 6.73. The van der Waals surface area contributed by atoms with Crippen molar-refractivity contribution in [2.45, 2.75) is 43.5 Å². The average molecular weight is 512 g/mol. The smallest absolute Gasteiger partial charge is 0.323 e. The molecule has 0 unspecified atom stereocenters. The van der Waals surface area contributed by atoms with Crippen molar-refractivity contribution in [3.8, 4) is 23.1 Å². The summed E-state index contributed by atoms with van der Waals surface area (Å²) in [5.41, 5.74) is -0.0351. The number of Topliss-reactive ketones (excluding diaryl/α,β-unsaturated/α-hetero) is 1. The van der Waals surface area contributed by atoms with Crippen molar-refractivity contribution in [2.75, 3.05) is 13.7 Å². The second-order valence-electron chi connectivity index (χ2n) is 7.60. The molecule has 0 bridgehead atoms. The van der Waals surface area contributed by atoms with E-state index in [0.717, 1.165) is 11.8 Å². The second-order valence-corrected chi connectivity index (χ2v) is 8.56. The van der Waals surface area contributed by atoms with Gasteiger partial charge in [-0.05, 0) is 31.9 Å². The van der Waals surface area contributed by atoms with Crippen LogP contribution >= 0.6 is 11.8 Å². The first-order chi connectivity index (χ1) is 17.4. The fourth-order valence-corrected chi connectivity index (χ4v) is 4.24. The van der Waals surface area contributed by atoms with E-state index in [9.17, 15) is 24.4 Å². The second kappa shape index (κ2) is 12.6. The van der Waals surface area contributed by atoms with Crippen molar-refractivity contribution in [2.24, 2.45) is 0 Å². The maximum atomic E-state index is 12.7. The Hall–Kier alpha value is -4.11. The predicted molar refractivity (Wildman–Crippen MR) is 132 cm³/mol. The molecule has 3 rings (SSSR count). The maximum Gasteiger partial charge on any atom is 0.323 e. The monoisotopic (exact) mass is 511 g/mol. The topological polar surface area (TPSA) is 171 Å². The van der Waals surface area contributed by atoms with Gasteiger partial charge >= 0.3 is 11.7 Å². The third-order valence-electron chi connectivity index (χ3n) is 5.13. The minimum atomic E-state index is -0.603. The van der Waals surface area contributed by atoms with E-state index in [4.69, 9.17) is 9.47 Å². The highest BCUT2D eigenvalue weighted by Crippen LogP contribution is 2.26. The molecule has 0 saturated heterocycles. The average Bonchev–Trinajstić information content (AvgIpc) is 3.25. The van der Waals surface area contributed by atoms with Crippen molar-refractivity contribution in [3.05, 3.63) is 62.1 Å². The van der Waals surface area contributed by atoms with Crippen LogP contribution < -0.4 is 16.0 Å². The van der Waals surface area contributed by atoms with Crippen molar-refractivity contribution < 1.29 is 19.1 Å². The number of nitriles is 1. The molecule has 0 aliphatic carbocycles. The number of benzene rings is 1. The summed E-state index contributed by atoms with van der Waals surface area (Å²) in [5.74, 6) is 0.0955. The SMILES string of the molecule is CCOC(=O)CCCCC(=O)c1[nH]c(=O)[nH]c1CSc1nc(-c2cccc(OC)c2)c(C#N)c(=O)[nH]1. The molecule has 1 aromatic carbocycles. The summed E-state index contributed by atoms with van der Waals surface area (Å²) in [6.07, 6.45) is 1.33. The molecule has 2 aromatic heterocycles. The lowest BCUT2D eigenvalue weighted by Gasteiger charge is -2.08. The number of ether oxygens (including phenoxy) is 2. The van der Waals surface area contributed by atoms with Crippen LogP contribution in [0, 0.1) is 11.3 Å². The van der Waals surface area contributed by atoms with Gasteiger partial charge < -0.3 is 24.4 Å². The quantitative estimate of drug-likeness (QED) is 0.109. The number of rotatable bonds is 12. The van der Waals surface area contributed by atoms with Crippen LogP contribution in [0.4, 0.5) is 0 Å². The molecule has 0 spiro atoms. The van der Waals surface area contributed by atoms with Crippen molar-refractivity contribution in [3.63, 3.8) is 0 Å². The Morgan fingerprint density at radius 3 is 2.64 bits per heavy atom. The highest BCUT2D eigenvalue weighted by Gasteiger charge is 2.18. The number of thioether (sulfide) groups is 1. The first kappa shape index (κ1) is 26.5. The van der Waals surface area contributed by atoms with Gasteiger partial charge in [-0.15, -0.1) is 0 Å². The van der Waals surface area contributed by atoms with Gasteiger partial charge in [-0.1, -0.05) is 23.9 Å². The summed E-state index contributed by atoms with van der Waals surface area (Å²) < 4.78 is 10.1. The molecule has 0 saturated carbocycles. The Morgan fingerprint density at radius 1 is 1.14 bits per heavy atom. The fraction of sp³-hybridized carbons (Fsp3) is 0.333. The van der Waals surface area contributed by atoms with E-state index in [1.165, 1.54) is 7.11 Å². The van der Waals surface area contributed by atoms with Crippen molar-refractivity contribution in [1.82, 2.24) is 19.9 Å². The lowest BCUT2D eigenvalue weighted by molar-refractivity contribution is -0.143. The first-order valence-electron chi connectivity index (χ1n) is 11.2. The summed E-state index contributed by atoms with van der Waals surface area (Å²) in [6.45, 7) is 2.04. The van der Waals surface area contributed by atoms with Crippen molar-refractivity contribution >= 4 is 23.5 Å². The molecule has 36 heavy (non-hydrogen) atoms. The van der Waals surface area contributed by atoms with E-state index < -0.39 is 11.2 Å². The number of imidazole rings is 1. The Balaban J connectivity index is 1.74. The van der Waals surface area contributed by atoms with Gasteiger partial charge in [-0.3, -0.25) is 14.4 Å². The molecule has 0 atom stereocenters. The largest absolute Gasteiger partial charge is 0.497 e. The van der Waals surface area contributed by atoms with Crippen LogP contribution in [-0.4, -0.2) is 45.4 Å². The van der Waals surface area contributed by atoms with Crippen LogP contribution in [0.3, 0.4) is 0 Å². The van der Waals surface area contributed by atoms with Gasteiger partial charge in [0.2, 0.25) is 0 Å². The van der Waals surface area contributed by atoms with Gasteiger partial charge in [0.15, 0.2) is 10.9 Å². The molecular formula is C24H25N5O6S. The molecule has 188 valence electrons. The van der Waals surface area contributed by atoms with Crippen molar-refractivity contribution in [1.29, 1.82) is 5.26 Å². The van der Waals surface area contributed by atoms with E-state index in [0.29, 0.717) is 36.5 Å². The zero-order valence-corrected chi connectivity index (χ0v) is 20.6. The zero-order chi connectivity index (χ0) is 26.1. The molecule has 12 heteroatoms. The van der Waals surface area contributed by atoms with E-state index in [-0.39, 0.29) is 52.5 Å². The van der Waals surface area contributed by atoms with E-state index >= 15 is 0 Å². The van der Waals surface area contributed by atoms with E-state index in [1.54, 1.807) is 31.2 Å². The number of esters is 1. The molecule has 0 aliphatic rings. The molecule has 11 nitrogen and oxygen atoms in total. The van der Waals surface area contributed by atoms with Crippen LogP contribution in [0.2, 0.25) is 0 Å². The third-order valence-corrected chi connectivity index (χ3v) is 6.03. The molecule has 3 N–H and O–H groups in total. The van der Waals surface area contributed by atoms with E-state index in [2.05, 4.69) is 19.9 Å². The summed E-state index contributed by atoms with van der Waals surface area (Å²) >= 11 is 1.10. The molecule has 3 aromatic rings. The lowest BCUT2D eigenvalue weighted by Crippen LogP contribution is -2.15. The van der Waals surface area contributed by atoms with Gasteiger partial charge in [-0.2, -0.15) is 5.26 Å². The van der Waals surface area contributed by atoms with Crippen LogP contribution in [-0.2, 0) is 15.3 Å². The van der Waals surface area contributed by atoms with Gasteiger partial charge in [0.1, 0.15) is 23.1 Å². The van der Waals surface area contributed by atoms with Crippen LogP contribution in [0.15, 0.2) is 39.0 Å². The van der Waals surface area contributed by atoms with Crippen LogP contribution in [0.1, 0.15) is 54.4 Å². The number of carbonyl (C=O) groups is 2. The van der Waals surface area contributed by atoms with Crippen LogP contribution in [0.25, 0.3) is 11.3 Å². The van der Waals surface area contributed by atoms with E-state index in [1.807, 2.05) is 6.07 Å². The number of methoxy groups -OCH3 is 1. The summed E-state index contributed by atoms with van der Waals surface area (Å²) in [6, 6.07) is 8.71. The number of aromatic nitrogens is 4. The number of nitrogens with zero attached hydrogens (tertiary/aromatic N) is 2. The summed E-state index contributed by atoms with van der Waals surface area (Å²) in [7, 11) is 1.51. The molecular weight excluding hydrogens is 486 g/mol. The summed E-state index contributed by atoms with van der Waals surface area (Å²) in [5, 5.41) is 9.69.